The summed E-state index contributed by atoms with van der Waals surface area (Å²) in [5, 5.41) is 5.86. The number of carbonyl (C=O) groups is 1. The van der Waals surface area contributed by atoms with E-state index >= 15 is 0 Å². The summed E-state index contributed by atoms with van der Waals surface area (Å²) in [6, 6.07) is -0.132. The van der Waals surface area contributed by atoms with Crippen molar-refractivity contribution in [1.82, 2.24) is 10.6 Å². The van der Waals surface area contributed by atoms with Gasteiger partial charge in [0.2, 0.25) is 5.91 Å². The van der Waals surface area contributed by atoms with Crippen LogP contribution in [-0.2, 0) is 14.6 Å². The fourth-order valence-electron chi connectivity index (χ4n) is 1.43. The Balaban J connectivity index is 3.81. The molecule has 0 aliphatic rings. The highest BCUT2D eigenvalue weighted by Crippen LogP contribution is 1.99. The molecule has 0 aliphatic carbocycles. The Morgan fingerprint density at radius 2 is 1.82 bits per heavy atom. The number of hydrogen-bond donors (Lipinski definition) is 2. The SMILES string of the molecule is CC(CS(C)(=O)=O)NCCC(=O)NC(C)(C)C. The lowest BCUT2D eigenvalue weighted by Gasteiger charge is -2.21. The molecule has 0 aromatic rings. The molecule has 102 valence electrons. The minimum atomic E-state index is -2.97. The van der Waals surface area contributed by atoms with E-state index in [4.69, 9.17) is 0 Å². The highest BCUT2D eigenvalue weighted by molar-refractivity contribution is 7.90. The Kier molecular flexibility index (Phi) is 6.12. The Bertz CT molecular complexity index is 344. The minimum Gasteiger partial charge on any atom is -0.351 e. The summed E-state index contributed by atoms with van der Waals surface area (Å²) < 4.78 is 22.0. The predicted molar refractivity (Wildman–Crippen MR) is 69.7 cm³/mol. The molecule has 0 heterocycles. The van der Waals surface area contributed by atoms with Crippen LogP contribution in [0.3, 0.4) is 0 Å². The van der Waals surface area contributed by atoms with Gasteiger partial charge in [-0.2, -0.15) is 0 Å². The van der Waals surface area contributed by atoms with Crippen LogP contribution in [0.4, 0.5) is 0 Å². The largest absolute Gasteiger partial charge is 0.351 e. The quantitative estimate of drug-likeness (QED) is 0.724. The predicted octanol–water partition coefficient (Wildman–Crippen LogP) is 0.314. The Labute approximate surface area is 104 Å². The van der Waals surface area contributed by atoms with Crippen LogP contribution < -0.4 is 10.6 Å². The smallest absolute Gasteiger partial charge is 0.221 e. The van der Waals surface area contributed by atoms with Gasteiger partial charge in [-0.05, 0) is 27.7 Å². The Morgan fingerprint density at radius 1 is 1.29 bits per heavy atom. The number of carbonyl (C=O) groups excluding carboxylic acids is 1. The van der Waals surface area contributed by atoms with Crippen molar-refractivity contribution >= 4 is 15.7 Å². The highest BCUT2D eigenvalue weighted by Gasteiger charge is 2.14. The minimum absolute atomic E-state index is 0.0310. The Morgan fingerprint density at radius 3 is 2.24 bits per heavy atom. The molecule has 0 saturated carbocycles. The molecule has 0 aromatic heterocycles. The van der Waals surface area contributed by atoms with Gasteiger partial charge < -0.3 is 10.6 Å². The third kappa shape index (κ3) is 11.6. The van der Waals surface area contributed by atoms with Crippen LogP contribution in [0.5, 0.6) is 0 Å². The van der Waals surface area contributed by atoms with Gasteiger partial charge in [-0.25, -0.2) is 8.42 Å². The van der Waals surface area contributed by atoms with E-state index in [1.165, 1.54) is 6.26 Å². The molecule has 1 amide bonds. The monoisotopic (exact) mass is 264 g/mol. The van der Waals surface area contributed by atoms with Crippen molar-refractivity contribution in [3.63, 3.8) is 0 Å². The number of hydrogen-bond acceptors (Lipinski definition) is 4. The second-order valence-corrected chi connectivity index (χ2v) is 7.68. The van der Waals surface area contributed by atoms with E-state index in [9.17, 15) is 13.2 Å². The van der Waals surface area contributed by atoms with Crippen molar-refractivity contribution in [3.05, 3.63) is 0 Å². The normalized spacial score (nSPS) is 14.4. The zero-order valence-corrected chi connectivity index (χ0v) is 12.1. The second-order valence-electron chi connectivity index (χ2n) is 5.50. The van der Waals surface area contributed by atoms with Crippen LogP contribution in [-0.4, -0.2) is 44.5 Å². The molecule has 17 heavy (non-hydrogen) atoms. The first-order valence-electron chi connectivity index (χ1n) is 5.72. The molecule has 0 saturated heterocycles. The summed E-state index contributed by atoms with van der Waals surface area (Å²) in [7, 11) is -2.97. The third-order valence-corrected chi connectivity index (χ3v) is 3.02. The lowest BCUT2D eigenvalue weighted by molar-refractivity contribution is -0.122. The first kappa shape index (κ1) is 16.4. The number of nitrogens with one attached hydrogen (secondary N) is 2. The van der Waals surface area contributed by atoms with E-state index in [2.05, 4.69) is 10.6 Å². The number of amides is 1. The zero-order valence-electron chi connectivity index (χ0n) is 11.3. The molecular weight excluding hydrogens is 240 g/mol. The van der Waals surface area contributed by atoms with Gasteiger partial charge >= 0.3 is 0 Å². The summed E-state index contributed by atoms with van der Waals surface area (Å²) in [5.74, 6) is 0.0602. The van der Waals surface area contributed by atoms with Crippen LogP contribution in [0.2, 0.25) is 0 Å². The number of rotatable bonds is 6. The number of sulfone groups is 1. The summed E-state index contributed by atoms with van der Waals surface area (Å²) in [5.41, 5.74) is -0.227. The molecule has 1 unspecified atom stereocenters. The van der Waals surface area contributed by atoms with Gasteiger partial charge in [0.05, 0.1) is 5.75 Å². The molecule has 0 spiro atoms. The fourth-order valence-corrected chi connectivity index (χ4v) is 2.45. The highest BCUT2D eigenvalue weighted by atomic mass is 32.2. The van der Waals surface area contributed by atoms with Gasteiger partial charge in [0.15, 0.2) is 0 Å². The van der Waals surface area contributed by atoms with Gasteiger partial charge in [-0.3, -0.25) is 4.79 Å². The molecule has 0 aromatic carbocycles. The first-order chi connectivity index (χ1) is 7.49. The third-order valence-electron chi connectivity index (χ3n) is 1.91. The van der Waals surface area contributed by atoms with Crippen molar-refractivity contribution < 1.29 is 13.2 Å². The lowest BCUT2D eigenvalue weighted by atomic mass is 10.1. The summed E-state index contributed by atoms with van der Waals surface area (Å²) in [4.78, 5) is 11.5. The first-order valence-corrected chi connectivity index (χ1v) is 7.78. The van der Waals surface area contributed by atoms with Crippen LogP contribution in [0.25, 0.3) is 0 Å². The van der Waals surface area contributed by atoms with Gasteiger partial charge in [0.1, 0.15) is 9.84 Å². The van der Waals surface area contributed by atoms with Crippen LogP contribution >= 0.6 is 0 Å². The van der Waals surface area contributed by atoms with Crippen molar-refractivity contribution in [3.8, 4) is 0 Å². The maximum atomic E-state index is 11.5. The molecule has 0 aliphatic heterocycles. The molecular formula is C11H24N2O3S. The van der Waals surface area contributed by atoms with Crippen molar-refractivity contribution in [2.45, 2.75) is 45.7 Å². The summed E-state index contributed by atoms with van der Waals surface area (Å²) in [6.07, 6.45) is 1.56. The van der Waals surface area contributed by atoms with E-state index in [1.807, 2.05) is 20.8 Å². The molecule has 0 radical (unpaired) electrons. The average molecular weight is 264 g/mol. The fraction of sp³-hybridized carbons (Fsp3) is 0.909. The van der Waals surface area contributed by atoms with Crippen LogP contribution in [0.1, 0.15) is 34.1 Å². The lowest BCUT2D eigenvalue weighted by Crippen LogP contribution is -2.42. The summed E-state index contributed by atoms with van der Waals surface area (Å²) in [6.45, 7) is 8.04. The van der Waals surface area contributed by atoms with Crippen LogP contribution in [0, 0.1) is 0 Å². The topological polar surface area (TPSA) is 75.3 Å². The maximum Gasteiger partial charge on any atom is 0.221 e. The standard InChI is InChI=1S/C11H24N2O3S/c1-9(8-17(5,15)16)12-7-6-10(14)13-11(2,3)4/h9,12H,6-8H2,1-5H3,(H,13,14). The molecule has 0 fully saturated rings. The van der Waals surface area contributed by atoms with E-state index in [0.29, 0.717) is 13.0 Å². The van der Waals surface area contributed by atoms with Gasteiger partial charge in [0, 0.05) is 30.8 Å². The van der Waals surface area contributed by atoms with Gasteiger partial charge in [0.25, 0.3) is 0 Å². The molecule has 0 rings (SSSR count). The van der Waals surface area contributed by atoms with Crippen molar-refractivity contribution in [2.24, 2.45) is 0 Å². The van der Waals surface area contributed by atoms with Gasteiger partial charge in [-0.15, -0.1) is 0 Å². The molecule has 6 heteroatoms. The van der Waals surface area contributed by atoms with E-state index in [1.54, 1.807) is 6.92 Å². The Hall–Kier alpha value is -0.620. The maximum absolute atomic E-state index is 11.5. The molecule has 5 nitrogen and oxygen atoms in total. The van der Waals surface area contributed by atoms with Crippen LogP contribution in [0.15, 0.2) is 0 Å². The van der Waals surface area contributed by atoms with Crippen molar-refractivity contribution in [2.75, 3.05) is 18.6 Å². The average Bonchev–Trinajstić information content (AvgIpc) is 1.95. The van der Waals surface area contributed by atoms with E-state index in [0.717, 1.165) is 0 Å². The zero-order chi connectivity index (χ0) is 13.7. The van der Waals surface area contributed by atoms with E-state index in [-0.39, 0.29) is 23.2 Å². The molecule has 0 bridgehead atoms. The van der Waals surface area contributed by atoms with E-state index < -0.39 is 9.84 Å². The van der Waals surface area contributed by atoms with Gasteiger partial charge in [-0.1, -0.05) is 0 Å². The summed E-state index contributed by atoms with van der Waals surface area (Å²) >= 11 is 0. The second kappa shape index (κ2) is 6.35. The van der Waals surface area contributed by atoms with Crippen molar-refractivity contribution in [1.29, 1.82) is 0 Å². The molecule has 1 atom stereocenters. The molecule has 2 N–H and O–H groups in total.